The Morgan fingerprint density at radius 1 is 0.210 bits per heavy atom. The van der Waals surface area contributed by atoms with Crippen molar-refractivity contribution in [1.29, 1.82) is 0 Å². The van der Waals surface area contributed by atoms with E-state index >= 15 is 0 Å². The van der Waals surface area contributed by atoms with Gasteiger partial charge in [-0.3, -0.25) is 9.97 Å². The number of nitrogens with zero attached hydrogens (tertiary/aromatic N) is 2. The van der Waals surface area contributed by atoms with Crippen LogP contribution in [0.3, 0.4) is 0 Å². The SMILES string of the molecule is Cc1cc(-c2ccccc2)cc([Si](C)(C)C)c1.Cc1cc(C)cc(-c2ccccc2)c1.Cc1ccc(-c2ccccc2)cc1C.Cc1ccc(-c2ccccc2)cc1[Si](C)(C)C.Cc1ccc(-c2ccccc2)nc1.Cc1ccc([Si](C)(C)C)cc1-c1ccccc1.Cc1cccnc1-c1ccccc1. The second-order valence-electron chi connectivity index (χ2n) is 30.5. The third kappa shape index (κ3) is 25.5. The van der Waals surface area contributed by atoms with Gasteiger partial charge >= 0.3 is 0 Å². The molecule has 2 nitrogen and oxygen atoms in total. The maximum absolute atomic E-state index is 4.35. The van der Waals surface area contributed by atoms with Crippen molar-refractivity contribution in [3.8, 4) is 78.1 Å². The summed E-state index contributed by atoms with van der Waals surface area (Å²) in [7, 11) is -3.69. The van der Waals surface area contributed by atoms with Gasteiger partial charge in [0.25, 0.3) is 0 Å². The van der Waals surface area contributed by atoms with Gasteiger partial charge < -0.3 is 0 Å². The molecule has 0 saturated heterocycles. The normalized spacial score (nSPS) is 10.8. The Hall–Kier alpha value is -10.4. The molecule has 0 aliphatic heterocycles. The highest BCUT2D eigenvalue weighted by Gasteiger charge is 2.21. The summed E-state index contributed by atoms with van der Waals surface area (Å²) in [5, 5.41) is 4.64. The summed E-state index contributed by atoms with van der Waals surface area (Å²) in [6, 6.07) is 116. The predicted molar refractivity (Wildman–Crippen MR) is 470 cm³/mol. The molecule has 0 N–H and O–H groups in total. The van der Waals surface area contributed by atoms with Crippen LogP contribution in [0.1, 0.15) is 50.1 Å². The molecule has 0 unspecified atom stereocenters. The number of pyridine rings is 2. The van der Waals surface area contributed by atoms with E-state index in [-0.39, 0.29) is 0 Å². The first kappa shape index (κ1) is 80.3. The Labute approximate surface area is 634 Å². The van der Waals surface area contributed by atoms with Crippen molar-refractivity contribution >= 4 is 39.8 Å². The zero-order chi connectivity index (χ0) is 75.5. The van der Waals surface area contributed by atoms with Crippen molar-refractivity contribution in [3.63, 3.8) is 0 Å². The highest BCUT2D eigenvalue weighted by Crippen LogP contribution is 2.27. The average molecular weight is 1420 g/mol. The Balaban J connectivity index is 0.000000155. The molecule has 2 aromatic heterocycles. The second kappa shape index (κ2) is 38.9. The van der Waals surface area contributed by atoms with E-state index < -0.39 is 24.2 Å². The van der Waals surface area contributed by atoms with Gasteiger partial charge in [-0.05, 0) is 158 Å². The number of hydrogen-bond donors (Lipinski definition) is 0. The molecule has 0 radical (unpaired) electrons. The molecule has 0 bridgehead atoms. The zero-order valence-corrected chi connectivity index (χ0v) is 68.7. The van der Waals surface area contributed by atoms with Gasteiger partial charge in [0.15, 0.2) is 0 Å². The van der Waals surface area contributed by atoms with E-state index in [9.17, 15) is 0 Å². The number of aromatic nitrogens is 2. The van der Waals surface area contributed by atoms with Gasteiger partial charge in [-0.25, -0.2) is 0 Å². The molecule has 2 heterocycles. The molecule has 12 aromatic carbocycles. The Bertz CT molecular complexity index is 4900. The minimum atomic E-state index is -1.24. The molecule has 14 rings (SSSR count). The first-order chi connectivity index (χ1) is 50.2. The molecule has 532 valence electrons. The molecule has 0 amide bonds. The van der Waals surface area contributed by atoms with Crippen LogP contribution in [0.25, 0.3) is 78.1 Å². The molecule has 105 heavy (non-hydrogen) atoms. The van der Waals surface area contributed by atoms with E-state index in [0.717, 1.165) is 11.4 Å². The quantitative estimate of drug-likeness (QED) is 0.128. The van der Waals surface area contributed by atoms with Crippen LogP contribution in [0.15, 0.2) is 340 Å². The van der Waals surface area contributed by atoms with Crippen LogP contribution in [-0.2, 0) is 0 Å². The first-order valence-corrected chi connectivity index (χ1v) is 47.4. The fourth-order valence-electron chi connectivity index (χ4n) is 12.2. The maximum atomic E-state index is 4.35. The Morgan fingerprint density at radius 3 is 1.04 bits per heavy atom. The number of hydrogen-bond acceptors (Lipinski definition) is 2. The monoisotopic (exact) mass is 1420 g/mol. The van der Waals surface area contributed by atoms with E-state index in [1.165, 1.54) is 127 Å². The second-order valence-corrected chi connectivity index (χ2v) is 45.7. The molecule has 0 aliphatic rings. The first-order valence-electron chi connectivity index (χ1n) is 36.9. The van der Waals surface area contributed by atoms with Gasteiger partial charge in [0.05, 0.1) is 35.6 Å². The van der Waals surface area contributed by atoms with Crippen molar-refractivity contribution < 1.29 is 0 Å². The lowest BCUT2D eigenvalue weighted by molar-refractivity contribution is 1.27. The van der Waals surface area contributed by atoms with Gasteiger partial charge in [0.1, 0.15) is 0 Å². The minimum absolute atomic E-state index is 1.03. The van der Waals surface area contributed by atoms with Crippen LogP contribution in [0.5, 0.6) is 0 Å². The summed E-state index contributed by atoms with van der Waals surface area (Å²) in [5.74, 6) is 0. The molecule has 14 aromatic rings. The Morgan fingerprint density at radius 2 is 0.610 bits per heavy atom. The van der Waals surface area contributed by atoms with Crippen molar-refractivity contribution in [1.82, 2.24) is 9.97 Å². The van der Waals surface area contributed by atoms with Gasteiger partial charge in [-0.15, -0.1) is 0 Å². The van der Waals surface area contributed by atoms with Crippen LogP contribution < -0.4 is 15.6 Å². The van der Waals surface area contributed by atoms with E-state index in [1.54, 1.807) is 5.19 Å². The zero-order valence-electron chi connectivity index (χ0n) is 65.7. The molecule has 0 spiro atoms. The molecular weight excluding hydrogens is 1310 g/mol. The predicted octanol–water partition coefficient (Wildman–Crippen LogP) is 26.7. The summed E-state index contributed by atoms with van der Waals surface area (Å²) in [6.45, 7) is 40.9. The fraction of sp³-hybridized carbons (Fsp3) is 0.180. The van der Waals surface area contributed by atoms with Crippen LogP contribution in [0.2, 0.25) is 58.9 Å². The summed E-state index contributed by atoms with van der Waals surface area (Å²) < 4.78 is 0. The lowest BCUT2D eigenvalue weighted by Gasteiger charge is -2.20. The summed E-state index contributed by atoms with van der Waals surface area (Å²) in [5.41, 5.74) is 29.6. The largest absolute Gasteiger partial charge is 0.256 e. The van der Waals surface area contributed by atoms with Crippen LogP contribution in [0, 0.1) is 62.3 Å². The van der Waals surface area contributed by atoms with E-state index in [1.807, 2.05) is 80.0 Å². The van der Waals surface area contributed by atoms with E-state index in [0.29, 0.717) is 0 Å². The third-order valence-corrected chi connectivity index (χ3v) is 24.6. The van der Waals surface area contributed by atoms with Crippen molar-refractivity contribution in [3.05, 3.63) is 390 Å². The molecule has 0 aliphatic carbocycles. The van der Waals surface area contributed by atoms with Crippen molar-refractivity contribution in [2.45, 2.75) is 121 Å². The lowest BCUT2D eigenvalue weighted by atomic mass is 10.0. The molecule has 0 atom stereocenters. The van der Waals surface area contributed by atoms with Crippen LogP contribution in [0.4, 0.5) is 0 Å². The third-order valence-electron chi connectivity index (χ3n) is 18.4. The average Bonchev–Trinajstić information content (AvgIpc) is 0.823. The maximum Gasteiger partial charge on any atom is 0.0779 e. The summed E-state index contributed by atoms with van der Waals surface area (Å²) in [6.07, 6.45) is 3.72. The smallest absolute Gasteiger partial charge is 0.0779 e. The molecule has 0 saturated carbocycles. The van der Waals surface area contributed by atoms with E-state index in [4.69, 9.17) is 0 Å². The summed E-state index contributed by atoms with van der Waals surface area (Å²) in [4.78, 5) is 8.70. The number of aryl methyl sites for hydroxylation is 9. The molecule has 0 fully saturated rings. The van der Waals surface area contributed by atoms with Gasteiger partial charge in [0.2, 0.25) is 0 Å². The van der Waals surface area contributed by atoms with Crippen LogP contribution in [-0.4, -0.2) is 34.2 Å². The van der Waals surface area contributed by atoms with Crippen molar-refractivity contribution in [2.75, 3.05) is 0 Å². The fourth-order valence-corrected chi connectivity index (χ4v) is 16.5. The highest BCUT2D eigenvalue weighted by atomic mass is 28.3. The molecule has 5 heteroatoms. The number of rotatable bonds is 10. The van der Waals surface area contributed by atoms with Crippen LogP contribution >= 0.6 is 0 Å². The standard InChI is InChI=1S/3C16H20Si.2C14H14.2C12H11N/c1-13-10-15(14-8-6-5-7-9-14)12-16(11-13)17(2,3)4;1-13-10-11-15(17(2,3)4)12-16(13)14-8-6-5-7-9-14;1-13-10-11-15(12-16(13)17(2,3)4)14-8-6-5-7-9-14;1-11-8-12(2)10-14(9-11)13-6-4-3-5-7-13;1-11-8-9-14(10-12(11)2)13-6-4-3-5-7-13;1-10-6-5-9-13-12(10)11-7-3-2-4-8-11;1-10-7-8-12(13-9-10)11-5-3-2-4-6-11/h3*5-12H,1-4H3;2*3-10H,1-2H3;2*2-9H,1H3. The lowest BCUT2D eigenvalue weighted by Crippen LogP contribution is -2.39. The van der Waals surface area contributed by atoms with Gasteiger partial charge in [0, 0.05) is 23.5 Å². The highest BCUT2D eigenvalue weighted by molar-refractivity contribution is 6.89. The summed E-state index contributed by atoms with van der Waals surface area (Å²) >= 11 is 0. The topological polar surface area (TPSA) is 25.8 Å². The minimum Gasteiger partial charge on any atom is -0.256 e. The number of benzene rings is 12. The van der Waals surface area contributed by atoms with Crippen molar-refractivity contribution in [2.24, 2.45) is 0 Å². The Kier molecular flexibility index (Phi) is 29.8. The van der Waals surface area contributed by atoms with Gasteiger partial charge in [-0.1, -0.05) is 412 Å². The van der Waals surface area contributed by atoms with Gasteiger partial charge in [-0.2, -0.15) is 0 Å². The molecular formula is C100H110N2Si3. The van der Waals surface area contributed by atoms with E-state index in [2.05, 4.69) is 391 Å².